The van der Waals surface area contributed by atoms with Crippen LogP contribution in [0.1, 0.15) is 75.0 Å². The van der Waals surface area contributed by atoms with Gasteiger partial charge < -0.3 is 20.3 Å². The highest BCUT2D eigenvalue weighted by Gasteiger charge is 2.34. The van der Waals surface area contributed by atoms with Crippen molar-refractivity contribution in [2.75, 3.05) is 18.4 Å². The molecule has 2 aliphatic rings. The minimum Gasteiger partial charge on any atom is -0.444 e. The van der Waals surface area contributed by atoms with Gasteiger partial charge in [0.25, 0.3) is 5.91 Å². The molecule has 2 fully saturated rings. The summed E-state index contributed by atoms with van der Waals surface area (Å²) in [6.45, 7) is 6.45. The third-order valence-electron chi connectivity index (χ3n) is 7.48. The molecule has 1 saturated heterocycles. The zero-order valence-electron chi connectivity index (χ0n) is 23.7. The Morgan fingerprint density at radius 1 is 1.10 bits per heavy atom. The molecule has 42 heavy (non-hydrogen) atoms. The summed E-state index contributed by atoms with van der Waals surface area (Å²) >= 11 is 6.13. The lowest BCUT2D eigenvalue weighted by atomic mass is 9.90. The van der Waals surface area contributed by atoms with Crippen LogP contribution in [0.3, 0.4) is 0 Å². The molecule has 2 N–H and O–H groups in total. The second kappa shape index (κ2) is 11.6. The van der Waals surface area contributed by atoms with E-state index in [0.717, 1.165) is 25.3 Å². The second-order valence-corrected chi connectivity index (χ2v) is 12.4. The zero-order valence-corrected chi connectivity index (χ0v) is 24.4. The van der Waals surface area contributed by atoms with E-state index in [0.29, 0.717) is 47.6 Å². The number of fused-ring (bicyclic) bond motifs is 1. The first-order valence-electron chi connectivity index (χ1n) is 14.0. The van der Waals surface area contributed by atoms with Crippen molar-refractivity contribution < 1.29 is 27.5 Å². The highest BCUT2D eigenvalue weighted by Crippen LogP contribution is 2.35. The van der Waals surface area contributed by atoms with Crippen molar-refractivity contribution in [1.82, 2.24) is 25.0 Å². The Bertz CT molecular complexity index is 1470. The molecule has 3 aromatic rings. The summed E-state index contributed by atoms with van der Waals surface area (Å²) in [4.78, 5) is 30.9. The molecule has 5 rings (SSSR count). The van der Waals surface area contributed by atoms with E-state index in [2.05, 4.69) is 20.7 Å². The summed E-state index contributed by atoms with van der Waals surface area (Å²) in [5.41, 5.74) is -0.638. The van der Waals surface area contributed by atoms with Gasteiger partial charge in [-0.25, -0.2) is 9.78 Å². The molecule has 1 aromatic carbocycles. The number of likely N-dealkylation sites (tertiary alicyclic amines) is 1. The van der Waals surface area contributed by atoms with Crippen LogP contribution >= 0.6 is 11.6 Å². The molecule has 0 radical (unpaired) electrons. The average molecular weight is 607 g/mol. The van der Waals surface area contributed by atoms with Gasteiger partial charge in [-0.1, -0.05) is 11.6 Å². The predicted molar refractivity (Wildman–Crippen MR) is 153 cm³/mol. The third-order valence-corrected chi connectivity index (χ3v) is 7.72. The maximum atomic E-state index is 13.5. The fourth-order valence-corrected chi connectivity index (χ4v) is 5.68. The first kappa shape index (κ1) is 29.9. The number of rotatable bonds is 5. The van der Waals surface area contributed by atoms with Crippen molar-refractivity contribution in [1.29, 1.82) is 0 Å². The van der Waals surface area contributed by atoms with Gasteiger partial charge in [0.05, 0.1) is 23.3 Å². The van der Waals surface area contributed by atoms with E-state index in [-0.39, 0.29) is 35.6 Å². The van der Waals surface area contributed by atoms with Crippen molar-refractivity contribution in [3.63, 3.8) is 0 Å². The first-order valence-corrected chi connectivity index (χ1v) is 14.4. The number of alkyl halides is 3. The van der Waals surface area contributed by atoms with Crippen molar-refractivity contribution >= 4 is 40.2 Å². The van der Waals surface area contributed by atoms with Gasteiger partial charge in [0.1, 0.15) is 11.3 Å². The number of nitrogens with one attached hydrogen (secondary N) is 2. The average Bonchev–Trinajstić information content (AvgIpc) is 3.58. The summed E-state index contributed by atoms with van der Waals surface area (Å²) in [7, 11) is 0. The first-order chi connectivity index (χ1) is 19.7. The van der Waals surface area contributed by atoms with Crippen molar-refractivity contribution in [3.8, 4) is 0 Å². The molecule has 9 nitrogen and oxygen atoms in total. The van der Waals surface area contributed by atoms with Gasteiger partial charge in [-0.15, -0.1) is 0 Å². The fraction of sp³-hybridized carbons (Fsp3) is 0.517. The van der Waals surface area contributed by atoms with Crippen LogP contribution in [0, 0.1) is 0 Å². The number of hydrogen-bond donors (Lipinski definition) is 2. The van der Waals surface area contributed by atoms with E-state index < -0.39 is 17.5 Å². The minimum absolute atomic E-state index is 0.0624. The summed E-state index contributed by atoms with van der Waals surface area (Å²) in [6, 6.07) is 5.22. The number of pyridine rings is 1. The number of halogens is 4. The third kappa shape index (κ3) is 7.08. The Balaban J connectivity index is 1.21. The van der Waals surface area contributed by atoms with Crippen LogP contribution in [0.25, 0.3) is 10.9 Å². The molecular weight excluding hydrogens is 573 g/mol. The molecule has 1 aliphatic heterocycles. The highest BCUT2D eigenvalue weighted by atomic mass is 35.5. The monoisotopic (exact) mass is 606 g/mol. The van der Waals surface area contributed by atoms with E-state index in [1.54, 1.807) is 21.8 Å². The fourth-order valence-electron chi connectivity index (χ4n) is 5.51. The Labute approximate surface area is 246 Å². The van der Waals surface area contributed by atoms with E-state index >= 15 is 0 Å². The number of anilines is 1. The largest absolute Gasteiger partial charge is 0.444 e. The molecule has 3 atom stereocenters. The van der Waals surface area contributed by atoms with Crippen molar-refractivity contribution in [3.05, 3.63) is 52.9 Å². The number of hydrogen-bond acceptors (Lipinski definition) is 6. The SMILES string of the molecule is CC(C)(C)OC(=O)N1CC[C@H](n2cc(C(=O)N[C@@H]3CCC[C@H](Nc4cc(C(F)(F)F)nc5ccc(Cl)cc45)C3)cn2)C1. The molecule has 0 bridgehead atoms. The van der Waals surface area contributed by atoms with Crippen LogP contribution < -0.4 is 10.6 Å². The predicted octanol–water partition coefficient (Wildman–Crippen LogP) is 6.44. The lowest BCUT2D eigenvalue weighted by Gasteiger charge is -2.31. The summed E-state index contributed by atoms with van der Waals surface area (Å²) in [5, 5.41) is 11.6. The molecule has 226 valence electrons. The van der Waals surface area contributed by atoms with Crippen LogP contribution in [0.5, 0.6) is 0 Å². The highest BCUT2D eigenvalue weighted by molar-refractivity contribution is 6.31. The normalized spacial score (nSPS) is 21.4. The van der Waals surface area contributed by atoms with Crippen molar-refractivity contribution in [2.45, 2.75) is 82.8 Å². The quantitative estimate of drug-likeness (QED) is 0.347. The van der Waals surface area contributed by atoms with E-state index in [4.69, 9.17) is 16.3 Å². The van der Waals surface area contributed by atoms with Crippen LogP contribution in [-0.2, 0) is 10.9 Å². The molecule has 2 amide bonds. The molecule has 1 saturated carbocycles. The molecule has 0 spiro atoms. The number of aromatic nitrogens is 3. The van der Waals surface area contributed by atoms with Gasteiger partial charge in [0.15, 0.2) is 0 Å². The Kier molecular flexibility index (Phi) is 8.28. The van der Waals surface area contributed by atoms with Gasteiger partial charge in [0.2, 0.25) is 0 Å². The molecular formula is C29H34ClF3N6O3. The lowest BCUT2D eigenvalue weighted by molar-refractivity contribution is -0.140. The van der Waals surface area contributed by atoms with Gasteiger partial charge in [-0.3, -0.25) is 9.48 Å². The number of nitrogens with zero attached hydrogens (tertiary/aromatic N) is 4. The van der Waals surface area contributed by atoms with Gasteiger partial charge in [0, 0.05) is 47.5 Å². The van der Waals surface area contributed by atoms with E-state index in [9.17, 15) is 22.8 Å². The maximum Gasteiger partial charge on any atom is 0.433 e. The number of amides is 2. The number of benzene rings is 1. The molecule has 0 unspecified atom stereocenters. The van der Waals surface area contributed by atoms with Crippen LogP contribution in [0.2, 0.25) is 5.02 Å². The van der Waals surface area contributed by atoms with Crippen LogP contribution in [0.4, 0.5) is 23.7 Å². The molecule has 1 aliphatic carbocycles. The zero-order chi connectivity index (χ0) is 30.2. The number of ether oxygens (including phenoxy) is 1. The standard InChI is InChI=1S/C29H34ClF3N6O3/c1-28(2,3)42-27(41)38-10-9-21(16-38)39-15-17(14-34-39)26(40)36-20-6-4-5-19(12-20)35-24-13-25(29(31,32)33)37-23-8-7-18(30)11-22(23)24/h7-8,11,13-15,19-21H,4-6,9-10,12,16H2,1-3H3,(H,35,37)(H,36,40)/t19-,20+,21-/m0/s1. The molecule has 3 heterocycles. The Hall–Kier alpha value is -3.54. The van der Waals surface area contributed by atoms with Crippen LogP contribution in [-0.4, -0.2) is 62.4 Å². The number of carbonyl (C=O) groups is 2. The smallest absolute Gasteiger partial charge is 0.433 e. The summed E-state index contributed by atoms with van der Waals surface area (Å²) in [6.07, 6.45) is 1.76. The Morgan fingerprint density at radius 3 is 2.60 bits per heavy atom. The van der Waals surface area contributed by atoms with Gasteiger partial charge in [-0.2, -0.15) is 18.3 Å². The van der Waals surface area contributed by atoms with Gasteiger partial charge in [-0.05, 0) is 77.1 Å². The summed E-state index contributed by atoms with van der Waals surface area (Å²) < 4.78 is 47.8. The second-order valence-electron chi connectivity index (χ2n) is 12.0. The van der Waals surface area contributed by atoms with E-state index in [1.165, 1.54) is 18.3 Å². The lowest BCUT2D eigenvalue weighted by Crippen LogP contribution is -2.41. The van der Waals surface area contributed by atoms with Crippen molar-refractivity contribution in [2.24, 2.45) is 0 Å². The van der Waals surface area contributed by atoms with Crippen LogP contribution in [0.15, 0.2) is 36.7 Å². The number of carbonyl (C=O) groups excluding carboxylic acids is 2. The Morgan fingerprint density at radius 2 is 1.86 bits per heavy atom. The molecule has 2 aromatic heterocycles. The topological polar surface area (TPSA) is 101 Å². The minimum atomic E-state index is -4.59. The maximum absolute atomic E-state index is 13.5. The van der Waals surface area contributed by atoms with Gasteiger partial charge >= 0.3 is 12.3 Å². The summed E-state index contributed by atoms with van der Waals surface area (Å²) in [5.74, 6) is -0.269. The van der Waals surface area contributed by atoms with E-state index in [1.807, 2.05) is 20.8 Å². The molecule has 13 heteroatoms.